The monoisotopic (exact) mass is 208 g/mol. The first-order valence-electron chi connectivity index (χ1n) is 6.39. The van der Waals surface area contributed by atoms with Gasteiger partial charge >= 0.3 is 0 Å². The average Bonchev–Trinajstić information content (AvgIpc) is 2.44. The minimum atomic E-state index is 0.368. The largest absolute Gasteiger partial charge is 0.0651 e. The van der Waals surface area contributed by atoms with Crippen molar-refractivity contribution in [3.8, 4) is 0 Å². The van der Waals surface area contributed by atoms with E-state index >= 15 is 0 Å². The van der Waals surface area contributed by atoms with Gasteiger partial charge in [0, 0.05) is 0 Å². The van der Waals surface area contributed by atoms with Gasteiger partial charge in [-0.15, -0.1) is 0 Å². The molecule has 0 saturated carbocycles. The van der Waals surface area contributed by atoms with Crippen molar-refractivity contribution in [3.05, 3.63) is 11.1 Å². The van der Waals surface area contributed by atoms with E-state index in [2.05, 4.69) is 48.5 Å². The van der Waals surface area contributed by atoms with E-state index in [1.54, 1.807) is 11.1 Å². The predicted octanol–water partition coefficient (Wildman–Crippen LogP) is 5.20. The van der Waals surface area contributed by atoms with E-state index in [1.807, 2.05) is 0 Å². The molecule has 15 heavy (non-hydrogen) atoms. The van der Waals surface area contributed by atoms with Crippen LogP contribution >= 0.6 is 0 Å². The molecule has 0 radical (unpaired) electrons. The van der Waals surface area contributed by atoms with Crippen molar-refractivity contribution in [2.45, 2.75) is 67.7 Å². The van der Waals surface area contributed by atoms with E-state index in [1.165, 1.54) is 19.3 Å². The number of hydrogen-bond acceptors (Lipinski definition) is 0. The molecule has 1 rings (SSSR count). The second kappa shape index (κ2) is 3.96. The molecule has 0 aromatic carbocycles. The molecule has 0 unspecified atom stereocenters. The van der Waals surface area contributed by atoms with Gasteiger partial charge in [-0.3, -0.25) is 0 Å². The quantitative estimate of drug-likeness (QED) is 0.520. The van der Waals surface area contributed by atoms with E-state index in [4.69, 9.17) is 0 Å². The number of allylic oxidation sites excluding steroid dienone is 2. The number of rotatable bonds is 1. The molecule has 0 atom stereocenters. The molecule has 0 N–H and O–H groups in total. The molecule has 1 aliphatic carbocycles. The van der Waals surface area contributed by atoms with Crippen molar-refractivity contribution in [2.75, 3.05) is 0 Å². The Morgan fingerprint density at radius 3 is 1.40 bits per heavy atom. The Morgan fingerprint density at radius 1 is 0.867 bits per heavy atom. The molecular formula is C15H28. The lowest BCUT2D eigenvalue weighted by Crippen LogP contribution is -2.16. The van der Waals surface area contributed by atoms with Gasteiger partial charge in [-0.05, 0) is 29.6 Å². The SMILES string of the molecule is CCC1CC(C(C)(C)C)=C(C(C)(C)C)C1. The summed E-state index contributed by atoms with van der Waals surface area (Å²) in [6.45, 7) is 16.5. The fourth-order valence-electron chi connectivity index (χ4n) is 2.70. The molecule has 0 aromatic heterocycles. The van der Waals surface area contributed by atoms with Crippen molar-refractivity contribution in [1.82, 2.24) is 0 Å². The van der Waals surface area contributed by atoms with E-state index in [9.17, 15) is 0 Å². The minimum Gasteiger partial charge on any atom is -0.0651 e. The first kappa shape index (κ1) is 12.8. The van der Waals surface area contributed by atoms with Crippen LogP contribution in [-0.4, -0.2) is 0 Å². The molecule has 0 aliphatic heterocycles. The predicted molar refractivity (Wildman–Crippen MR) is 69.0 cm³/mol. The minimum absolute atomic E-state index is 0.368. The fourth-order valence-corrected chi connectivity index (χ4v) is 2.70. The lowest BCUT2D eigenvalue weighted by molar-refractivity contribution is 0.445. The molecule has 0 fully saturated rings. The van der Waals surface area contributed by atoms with Crippen LogP contribution in [0, 0.1) is 16.7 Å². The lowest BCUT2D eigenvalue weighted by atomic mass is 9.76. The van der Waals surface area contributed by atoms with Gasteiger partial charge in [-0.2, -0.15) is 0 Å². The fraction of sp³-hybridized carbons (Fsp3) is 0.867. The summed E-state index contributed by atoms with van der Waals surface area (Å²) >= 11 is 0. The van der Waals surface area contributed by atoms with Crippen LogP contribution in [0.1, 0.15) is 67.7 Å². The van der Waals surface area contributed by atoms with Crippen molar-refractivity contribution >= 4 is 0 Å². The van der Waals surface area contributed by atoms with Crippen LogP contribution < -0.4 is 0 Å². The van der Waals surface area contributed by atoms with Gasteiger partial charge < -0.3 is 0 Å². The second-order valence-corrected chi connectivity index (χ2v) is 7.14. The van der Waals surface area contributed by atoms with Crippen molar-refractivity contribution < 1.29 is 0 Å². The van der Waals surface area contributed by atoms with Gasteiger partial charge in [0.25, 0.3) is 0 Å². The molecule has 0 saturated heterocycles. The molecule has 0 heteroatoms. The summed E-state index contributed by atoms with van der Waals surface area (Å²) < 4.78 is 0. The Hall–Kier alpha value is -0.260. The van der Waals surface area contributed by atoms with Gasteiger partial charge in [0.1, 0.15) is 0 Å². The molecule has 0 aromatic rings. The van der Waals surface area contributed by atoms with Crippen LogP contribution in [0.25, 0.3) is 0 Å². The summed E-state index contributed by atoms with van der Waals surface area (Å²) in [4.78, 5) is 0. The van der Waals surface area contributed by atoms with Crippen LogP contribution in [0.15, 0.2) is 11.1 Å². The first-order valence-corrected chi connectivity index (χ1v) is 6.39. The highest BCUT2D eigenvalue weighted by atomic mass is 14.4. The normalized spacial score (nSPS) is 20.2. The van der Waals surface area contributed by atoms with E-state index < -0.39 is 0 Å². The molecular weight excluding hydrogens is 180 g/mol. The van der Waals surface area contributed by atoms with E-state index in [-0.39, 0.29) is 0 Å². The molecule has 0 heterocycles. The zero-order valence-corrected chi connectivity index (χ0v) is 11.7. The third-order valence-corrected chi connectivity index (χ3v) is 3.74. The molecule has 88 valence electrons. The summed E-state index contributed by atoms with van der Waals surface area (Å²) in [6, 6.07) is 0. The highest BCUT2D eigenvalue weighted by molar-refractivity contribution is 5.30. The Kier molecular flexibility index (Phi) is 3.38. The van der Waals surface area contributed by atoms with Crippen LogP contribution in [-0.2, 0) is 0 Å². The molecule has 0 amide bonds. The van der Waals surface area contributed by atoms with Crippen LogP contribution in [0.3, 0.4) is 0 Å². The zero-order valence-electron chi connectivity index (χ0n) is 11.7. The lowest BCUT2D eigenvalue weighted by Gasteiger charge is -2.29. The smallest absolute Gasteiger partial charge is 0.0170 e. The van der Waals surface area contributed by atoms with Gasteiger partial charge in [-0.1, -0.05) is 66.0 Å². The maximum Gasteiger partial charge on any atom is -0.0170 e. The summed E-state index contributed by atoms with van der Waals surface area (Å²) in [5.41, 5.74) is 4.21. The topological polar surface area (TPSA) is 0 Å². The molecule has 0 spiro atoms. The Bertz CT molecular complexity index is 229. The summed E-state index contributed by atoms with van der Waals surface area (Å²) in [5, 5.41) is 0. The standard InChI is InChI=1S/C15H28/c1-8-11-9-12(14(2,3)4)13(10-11)15(5,6)7/h11H,8-10H2,1-7H3. The zero-order chi connectivity index (χ0) is 11.9. The summed E-state index contributed by atoms with van der Waals surface area (Å²) in [7, 11) is 0. The van der Waals surface area contributed by atoms with Gasteiger partial charge in [0.2, 0.25) is 0 Å². The highest BCUT2D eigenvalue weighted by Crippen LogP contribution is 2.48. The Labute approximate surface area is 96.2 Å². The molecule has 1 aliphatic rings. The average molecular weight is 208 g/mol. The molecule has 0 bridgehead atoms. The Balaban J connectivity index is 3.04. The maximum absolute atomic E-state index is 2.37. The van der Waals surface area contributed by atoms with Crippen molar-refractivity contribution in [2.24, 2.45) is 16.7 Å². The van der Waals surface area contributed by atoms with Crippen molar-refractivity contribution in [1.29, 1.82) is 0 Å². The van der Waals surface area contributed by atoms with Gasteiger partial charge in [0.05, 0.1) is 0 Å². The first-order chi connectivity index (χ1) is 6.66. The van der Waals surface area contributed by atoms with Gasteiger partial charge in [-0.25, -0.2) is 0 Å². The van der Waals surface area contributed by atoms with Crippen molar-refractivity contribution in [3.63, 3.8) is 0 Å². The summed E-state index contributed by atoms with van der Waals surface area (Å²) in [6.07, 6.45) is 4.01. The highest BCUT2D eigenvalue weighted by Gasteiger charge is 2.34. The van der Waals surface area contributed by atoms with Crippen LogP contribution in [0.4, 0.5) is 0 Å². The van der Waals surface area contributed by atoms with Crippen LogP contribution in [0.2, 0.25) is 0 Å². The van der Waals surface area contributed by atoms with Gasteiger partial charge in [0.15, 0.2) is 0 Å². The Morgan fingerprint density at radius 2 is 1.20 bits per heavy atom. The maximum atomic E-state index is 2.37. The van der Waals surface area contributed by atoms with E-state index in [0.29, 0.717) is 10.8 Å². The third-order valence-electron chi connectivity index (χ3n) is 3.74. The summed E-state index contributed by atoms with van der Waals surface area (Å²) in [5.74, 6) is 0.911. The number of hydrogen-bond donors (Lipinski definition) is 0. The van der Waals surface area contributed by atoms with Crippen LogP contribution in [0.5, 0.6) is 0 Å². The van der Waals surface area contributed by atoms with E-state index in [0.717, 1.165) is 5.92 Å². The third kappa shape index (κ3) is 2.86. The molecule has 0 nitrogen and oxygen atoms in total. The second-order valence-electron chi connectivity index (χ2n) is 7.14.